The molecule has 1 fully saturated rings. The summed E-state index contributed by atoms with van der Waals surface area (Å²) in [5, 5.41) is 56.4. The van der Waals surface area contributed by atoms with Gasteiger partial charge in [0, 0.05) is 0 Å². The van der Waals surface area contributed by atoms with E-state index in [1.807, 2.05) is 0 Å². The Hall–Kier alpha value is -0.320. The summed E-state index contributed by atoms with van der Waals surface area (Å²) in [6.45, 7) is 2.28. The molecule has 8 heteroatoms. The molecule has 1 aliphatic rings. The zero-order valence-electron chi connectivity index (χ0n) is 10.8. The summed E-state index contributed by atoms with van der Waals surface area (Å²) in [5.74, 6) is 0. The maximum Gasteiger partial charge on any atom is 0.186 e. The van der Waals surface area contributed by atoms with Crippen LogP contribution in [-0.4, -0.2) is 86.3 Å². The maximum atomic E-state index is 9.70. The van der Waals surface area contributed by atoms with Crippen LogP contribution in [0.5, 0.6) is 0 Å². The predicted octanol–water partition coefficient (Wildman–Crippen LogP) is -3.07. The van der Waals surface area contributed by atoms with Gasteiger partial charge in [-0.25, -0.2) is 0 Å². The summed E-state index contributed by atoms with van der Waals surface area (Å²) in [6.07, 6.45) is -9.86. The largest absolute Gasteiger partial charge is 0.394 e. The van der Waals surface area contributed by atoms with Crippen molar-refractivity contribution in [1.29, 1.82) is 0 Å². The van der Waals surface area contributed by atoms with Crippen LogP contribution in [-0.2, 0) is 9.47 Å². The van der Waals surface area contributed by atoms with Gasteiger partial charge in [-0.05, 0) is 13.8 Å². The number of rotatable bonds is 5. The van der Waals surface area contributed by atoms with Gasteiger partial charge < -0.3 is 40.1 Å². The van der Waals surface area contributed by atoms with Gasteiger partial charge in [-0.2, -0.15) is 0 Å². The first-order chi connectivity index (χ1) is 8.79. The fraction of sp³-hybridized carbons (Fsp3) is 1.00. The number of hydrogen-bond donors (Lipinski definition) is 6. The van der Waals surface area contributed by atoms with Crippen LogP contribution >= 0.6 is 0 Å². The highest BCUT2D eigenvalue weighted by Crippen LogP contribution is 2.23. The summed E-state index contributed by atoms with van der Waals surface area (Å²) in [7, 11) is 0. The van der Waals surface area contributed by atoms with E-state index in [9.17, 15) is 25.5 Å². The van der Waals surface area contributed by atoms with Crippen LogP contribution < -0.4 is 0 Å². The van der Waals surface area contributed by atoms with E-state index in [1.165, 1.54) is 13.8 Å². The summed E-state index contributed by atoms with van der Waals surface area (Å²) in [4.78, 5) is 0. The van der Waals surface area contributed by atoms with Crippen LogP contribution in [0.1, 0.15) is 13.8 Å². The Bertz CT molecular complexity index is 275. The molecule has 0 radical (unpaired) electrons. The standard InChI is InChI=1S/C11H22O8/c1-4(7(14)6(13)3-12)18-11-10(17)9(16)8(15)5(2)19-11/h4-17H,3H2,1-2H3/t4-,5?,6?,7+,8+,9+,10?,11-/m1/s1. The molecular formula is C11H22O8. The molecule has 19 heavy (non-hydrogen) atoms. The molecular weight excluding hydrogens is 260 g/mol. The summed E-state index contributed by atoms with van der Waals surface area (Å²) in [6, 6.07) is 0. The lowest BCUT2D eigenvalue weighted by Crippen LogP contribution is -2.58. The van der Waals surface area contributed by atoms with E-state index in [0.29, 0.717) is 0 Å². The Morgan fingerprint density at radius 2 is 1.68 bits per heavy atom. The topological polar surface area (TPSA) is 140 Å². The third-order valence-electron chi connectivity index (χ3n) is 3.22. The van der Waals surface area contributed by atoms with Gasteiger partial charge in [-0.1, -0.05) is 0 Å². The van der Waals surface area contributed by atoms with Crippen LogP contribution in [0.25, 0.3) is 0 Å². The maximum absolute atomic E-state index is 9.70. The Labute approximate surface area is 110 Å². The van der Waals surface area contributed by atoms with E-state index >= 15 is 0 Å². The van der Waals surface area contributed by atoms with Crippen molar-refractivity contribution in [3.63, 3.8) is 0 Å². The van der Waals surface area contributed by atoms with E-state index in [0.717, 1.165) is 0 Å². The molecule has 1 heterocycles. The lowest BCUT2D eigenvalue weighted by atomic mass is 10.00. The van der Waals surface area contributed by atoms with Crippen molar-refractivity contribution in [1.82, 2.24) is 0 Å². The third-order valence-corrected chi connectivity index (χ3v) is 3.22. The molecule has 0 bridgehead atoms. The van der Waals surface area contributed by atoms with Gasteiger partial charge in [0.15, 0.2) is 6.29 Å². The van der Waals surface area contributed by atoms with E-state index < -0.39 is 55.6 Å². The zero-order chi connectivity index (χ0) is 14.7. The smallest absolute Gasteiger partial charge is 0.186 e. The first kappa shape index (κ1) is 16.7. The fourth-order valence-electron chi connectivity index (χ4n) is 1.84. The molecule has 8 atom stereocenters. The number of aliphatic hydroxyl groups is 6. The van der Waals surface area contributed by atoms with E-state index in [-0.39, 0.29) is 0 Å². The monoisotopic (exact) mass is 282 g/mol. The highest BCUT2D eigenvalue weighted by molar-refractivity contribution is 4.88. The Morgan fingerprint density at radius 3 is 2.21 bits per heavy atom. The first-order valence-corrected chi connectivity index (χ1v) is 6.11. The second kappa shape index (κ2) is 6.91. The lowest BCUT2D eigenvalue weighted by molar-refractivity contribution is -0.310. The van der Waals surface area contributed by atoms with Gasteiger partial charge in [-0.15, -0.1) is 0 Å². The minimum atomic E-state index is -1.48. The first-order valence-electron chi connectivity index (χ1n) is 6.11. The molecule has 0 aliphatic carbocycles. The molecule has 0 amide bonds. The molecule has 114 valence electrons. The van der Waals surface area contributed by atoms with E-state index in [2.05, 4.69) is 0 Å². The lowest BCUT2D eigenvalue weighted by Gasteiger charge is -2.40. The molecule has 1 aliphatic heterocycles. The van der Waals surface area contributed by atoms with Gasteiger partial charge in [0.05, 0.1) is 18.8 Å². The predicted molar refractivity (Wildman–Crippen MR) is 62.0 cm³/mol. The summed E-state index contributed by atoms with van der Waals surface area (Å²) >= 11 is 0. The van der Waals surface area contributed by atoms with E-state index in [1.54, 1.807) is 0 Å². The van der Waals surface area contributed by atoms with Crippen molar-refractivity contribution in [2.75, 3.05) is 6.61 Å². The van der Waals surface area contributed by atoms with Crippen LogP contribution in [0.15, 0.2) is 0 Å². The van der Waals surface area contributed by atoms with Gasteiger partial charge in [0.1, 0.15) is 30.5 Å². The zero-order valence-corrected chi connectivity index (χ0v) is 10.8. The molecule has 0 aromatic heterocycles. The van der Waals surface area contributed by atoms with Gasteiger partial charge in [0.25, 0.3) is 0 Å². The molecule has 3 unspecified atom stereocenters. The van der Waals surface area contributed by atoms with Gasteiger partial charge in [0.2, 0.25) is 0 Å². The third kappa shape index (κ3) is 3.83. The van der Waals surface area contributed by atoms with Crippen LogP contribution in [0, 0.1) is 0 Å². The average Bonchev–Trinajstić information content (AvgIpc) is 2.40. The fourth-order valence-corrected chi connectivity index (χ4v) is 1.84. The molecule has 8 nitrogen and oxygen atoms in total. The van der Waals surface area contributed by atoms with Crippen molar-refractivity contribution < 1.29 is 40.1 Å². The Morgan fingerprint density at radius 1 is 1.11 bits per heavy atom. The number of hydrogen-bond acceptors (Lipinski definition) is 8. The normalized spacial score (nSPS) is 40.7. The highest BCUT2D eigenvalue weighted by atomic mass is 16.7. The molecule has 0 spiro atoms. The molecule has 0 aromatic rings. The van der Waals surface area contributed by atoms with Crippen molar-refractivity contribution in [3.05, 3.63) is 0 Å². The SMILES string of the molecule is CC1O[C@@H](O[C@H](C)[C@H](O)C(O)CO)C(O)[C@@H](O)[C@H]1O. The second-order valence-electron chi connectivity index (χ2n) is 4.76. The molecule has 0 aromatic carbocycles. The van der Waals surface area contributed by atoms with Crippen molar-refractivity contribution >= 4 is 0 Å². The average molecular weight is 282 g/mol. The van der Waals surface area contributed by atoms with Crippen LogP contribution in [0.3, 0.4) is 0 Å². The van der Waals surface area contributed by atoms with Crippen molar-refractivity contribution in [3.8, 4) is 0 Å². The second-order valence-corrected chi connectivity index (χ2v) is 4.76. The minimum absolute atomic E-state index is 0.638. The molecule has 6 N–H and O–H groups in total. The molecule has 0 saturated carbocycles. The van der Waals surface area contributed by atoms with Crippen LogP contribution in [0.4, 0.5) is 0 Å². The Balaban J connectivity index is 2.61. The quantitative estimate of drug-likeness (QED) is 0.312. The highest BCUT2D eigenvalue weighted by Gasteiger charge is 2.43. The number of aliphatic hydroxyl groups excluding tert-OH is 6. The molecule has 1 rings (SSSR count). The minimum Gasteiger partial charge on any atom is -0.394 e. The summed E-state index contributed by atoms with van der Waals surface area (Å²) in [5.41, 5.74) is 0. The number of ether oxygens (including phenoxy) is 2. The Kier molecular flexibility index (Phi) is 6.09. The van der Waals surface area contributed by atoms with Gasteiger partial charge >= 0.3 is 0 Å². The molecule has 1 saturated heterocycles. The van der Waals surface area contributed by atoms with Crippen molar-refractivity contribution in [2.24, 2.45) is 0 Å². The summed E-state index contributed by atoms with van der Waals surface area (Å²) < 4.78 is 10.4. The van der Waals surface area contributed by atoms with Gasteiger partial charge in [-0.3, -0.25) is 0 Å². The van der Waals surface area contributed by atoms with E-state index in [4.69, 9.17) is 14.6 Å². The van der Waals surface area contributed by atoms with Crippen LogP contribution in [0.2, 0.25) is 0 Å². The van der Waals surface area contributed by atoms with Crippen molar-refractivity contribution in [2.45, 2.75) is 62.9 Å².